The lowest BCUT2D eigenvalue weighted by atomic mass is 10.1. The maximum absolute atomic E-state index is 13.4. The van der Waals surface area contributed by atoms with E-state index in [9.17, 15) is 13.6 Å². The van der Waals surface area contributed by atoms with Crippen LogP contribution in [0.4, 0.5) is 13.6 Å². The quantitative estimate of drug-likeness (QED) is 0.746. The number of aromatic amines is 1. The molecule has 1 heterocycles. The molecule has 0 atom stereocenters. The summed E-state index contributed by atoms with van der Waals surface area (Å²) in [6.07, 6.45) is 0. The summed E-state index contributed by atoms with van der Waals surface area (Å²) in [6, 6.07) is 7.33. The van der Waals surface area contributed by atoms with Crippen LogP contribution in [0.25, 0.3) is 11.0 Å². The number of hydrogen-bond acceptors (Lipinski definition) is 1. The fourth-order valence-electron chi connectivity index (χ4n) is 2.30. The fourth-order valence-corrected chi connectivity index (χ4v) is 2.30. The normalized spacial score (nSPS) is 11.1. The Morgan fingerprint density at radius 2 is 1.95 bits per heavy atom. The molecule has 0 aliphatic rings. The predicted molar refractivity (Wildman–Crippen MR) is 79.8 cm³/mol. The van der Waals surface area contributed by atoms with E-state index in [1.807, 2.05) is 32.0 Å². The second-order valence-electron chi connectivity index (χ2n) is 5.31. The molecule has 0 aliphatic carbocycles. The lowest BCUT2D eigenvalue weighted by Crippen LogP contribution is -2.32. The molecule has 0 spiro atoms. The van der Waals surface area contributed by atoms with Crippen molar-refractivity contribution in [3.8, 4) is 0 Å². The van der Waals surface area contributed by atoms with Gasteiger partial charge in [-0.05, 0) is 30.5 Å². The van der Waals surface area contributed by atoms with E-state index in [4.69, 9.17) is 0 Å². The highest BCUT2D eigenvalue weighted by molar-refractivity contribution is 5.91. The second kappa shape index (κ2) is 5.29. The van der Waals surface area contributed by atoms with Crippen molar-refractivity contribution in [1.82, 2.24) is 15.1 Å². The largest absolute Gasteiger partial charge is 0.341 e. The van der Waals surface area contributed by atoms with E-state index in [0.29, 0.717) is 6.54 Å². The summed E-state index contributed by atoms with van der Waals surface area (Å²) in [4.78, 5) is 12.0. The van der Waals surface area contributed by atoms with Crippen molar-refractivity contribution >= 4 is 17.1 Å². The number of benzene rings is 2. The number of hydrogen-bond donors (Lipinski definition) is 2. The van der Waals surface area contributed by atoms with Crippen LogP contribution in [0, 0.1) is 25.5 Å². The van der Waals surface area contributed by atoms with E-state index in [0.717, 1.165) is 27.9 Å². The van der Waals surface area contributed by atoms with Crippen molar-refractivity contribution in [2.24, 2.45) is 0 Å². The van der Waals surface area contributed by atoms with Gasteiger partial charge in [0.05, 0.1) is 5.52 Å². The smallest absolute Gasteiger partial charge is 0.332 e. The van der Waals surface area contributed by atoms with Crippen LogP contribution in [0.5, 0.6) is 0 Å². The zero-order chi connectivity index (χ0) is 15.9. The molecule has 1 amide bonds. The van der Waals surface area contributed by atoms with Crippen molar-refractivity contribution in [2.75, 3.05) is 0 Å². The van der Waals surface area contributed by atoms with Crippen molar-refractivity contribution in [3.05, 3.63) is 58.7 Å². The van der Waals surface area contributed by atoms with Gasteiger partial charge in [-0.3, -0.25) is 5.10 Å². The zero-order valence-electron chi connectivity index (χ0n) is 12.2. The van der Waals surface area contributed by atoms with E-state index in [1.54, 1.807) is 0 Å². The molecule has 2 N–H and O–H groups in total. The Bertz CT molecular complexity index is 864. The molecule has 0 aliphatic heterocycles. The molecule has 22 heavy (non-hydrogen) atoms. The third-order valence-electron chi connectivity index (χ3n) is 3.72. The van der Waals surface area contributed by atoms with Crippen molar-refractivity contribution in [3.63, 3.8) is 0 Å². The van der Waals surface area contributed by atoms with Gasteiger partial charge in [-0.15, -0.1) is 0 Å². The number of H-pyrrole nitrogens is 1. The average molecular weight is 303 g/mol. The topological polar surface area (TPSA) is 49.8 Å². The third kappa shape index (κ3) is 2.47. The van der Waals surface area contributed by atoms with Crippen LogP contribution in [0.2, 0.25) is 0 Å². The van der Waals surface area contributed by atoms with Gasteiger partial charge in [0.25, 0.3) is 0 Å². The molecule has 0 fully saturated rings. The summed E-state index contributed by atoms with van der Waals surface area (Å²) in [5, 5.41) is 5.26. The summed E-state index contributed by atoms with van der Waals surface area (Å²) in [6.45, 7) is 4.35. The summed E-state index contributed by atoms with van der Waals surface area (Å²) < 4.78 is 27.7. The monoisotopic (exact) mass is 303 g/mol. The number of nitrogens with one attached hydrogen (secondary N) is 2. The Kier molecular flexibility index (Phi) is 3.44. The van der Waals surface area contributed by atoms with Crippen LogP contribution < -0.4 is 5.32 Å². The molecule has 1 aromatic heterocycles. The molecular weight excluding hydrogens is 288 g/mol. The minimum atomic E-state index is -0.718. The molecule has 0 saturated heterocycles. The molecule has 0 unspecified atom stereocenters. The van der Waals surface area contributed by atoms with Gasteiger partial charge in [-0.1, -0.05) is 18.2 Å². The summed E-state index contributed by atoms with van der Waals surface area (Å²) in [5.74, 6) is -1.43. The molecule has 114 valence electrons. The number of nitrogens with zero attached hydrogens (tertiary/aromatic N) is 1. The SMILES string of the molecule is Cc1ccc(CNC(=O)n2[nH]c3c(F)cc(F)cc32)cc1C. The zero-order valence-corrected chi connectivity index (χ0v) is 12.2. The van der Waals surface area contributed by atoms with Crippen molar-refractivity contribution < 1.29 is 13.6 Å². The Balaban J connectivity index is 1.75. The van der Waals surface area contributed by atoms with E-state index in [1.165, 1.54) is 5.56 Å². The summed E-state index contributed by atoms with van der Waals surface area (Å²) in [5.41, 5.74) is 3.60. The minimum absolute atomic E-state index is 0.128. The first-order valence-corrected chi connectivity index (χ1v) is 6.85. The number of carbonyl (C=O) groups is 1. The van der Waals surface area contributed by atoms with Gasteiger partial charge in [0.2, 0.25) is 0 Å². The standard InChI is InChI=1S/C16H15F2N3O/c1-9-3-4-11(5-10(9)2)8-19-16(22)21-14-7-12(17)6-13(18)15(14)20-21/h3-7,20H,8H2,1-2H3,(H,19,22). The van der Waals surface area contributed by atoms with Gasteiger partial charge in [0.1, 0.15) is 11.3 Å². The van der Waals surface area contributed by atoms with Crippen LogP contribution in [-0.4, -0.2) is 15.8 Å². The highest BCUT2D eigenvalue weighted by atomic mass is 19.1. The van der Waals surface area contributed by atoms with E-state index in [-0.39, 0.29) is 11.0 Å². The molecule has 6 heteroatoms. The van der Waals surface area contributed by atoms with Gasteiger partial charge in [-0.2, -0.15) is 0 Å². The number of aromatic nitrogens is 2. The van der Waals surface area contributed by atoms with Crippen LogP contribution in [-0.2, 0) is 6.54 Å². The molecule has 0 bridgehead atoms. The first kappa shape index (κ1) is 14.3. The summed E-state index contributed by atoms with van der Waals surface area (Å²) >= 11 is 0. The highest BCUT2D eigenvalue weighted by Crippen LogP contribution is 2.20. The fraction of sp³-hybridized carbons (Fsp3) is 0.188. The van der Waals surface area contributed by atoms with Crippen LogP contribution in [0.15, 0.2) is 30.3 Å². The average Bonchev–Trinajstić information content (AvgIpc) is 2.44. The minimum Gasteiger partial charge on any atom is -0.332 e. The Morgan fingerprint density at radius 3 is 2.68 bits per heavy atom. The number of halogens is 2. The Hall–Kier alpha value is -2.63. The van der Waals surface area contributed by atoms with E-state index in [2.05, 4.69) is 10.4 Å². The van der Waals surface area contributed by atoms with Gasteiger partial charge in [0, 0.05) is 18.7 Å². The molecule has 3 rings (SSSR count). The van der Waals surface area contributed by atoms with Gasteiger partial charge < -0.3 is 5.32 Å². The van der Waals surface area contributed by atoms with Gasteiger partial charge in [-0.25, -0.2) is 18.3 Å². The van der Waals surface area contributed by atoms with Crippen molar-refractivity contribution in [2.45, 2.75) is 20.4 Å². The molecule has 4 nitrogen and oxygen atoms in total. The number of rotatable bonds is 2. The number of aryl methyl sites for hydroxylation is 2. The molecule has 0 radical (unpaired) electrons. The lowest BCUT2D eigenvalue weighted by Gasteiger charge is -2.16. The van der Waals surface area contributed by atoms with E-state index >= 15 is 0 Å². The first-order chi connectivity index (χ1) is 10.5. The second-order valence-corrected chi connectivity index (χ2v) is 5.31. The molecule has 2 aromatic carbocycles. The first-order valence-electron chi connectivity index (χ1n) is 6.85. The highest BCUT2D eigenvalue weighted by Gasteiger charge is 2.17. The number of amides is 1. The van der Waals surface area contributed by atoms with Crippen LogP contribution in [0.1, 0.15) is 16.7 Å². The third-order valence-corrected chi connectivity index (χ3v) is 3.72. The van der Waals surface area contributed by atoms with Gasteiger partial charge in [0.15, 0.2) is 5.82 Å². The summed E-state index contributed by atoms with van der Waals surface area (Å²) in [7, 11) is 0. The van der Waals surface area contributed by atoms with Gasteiger partial charge >= 0.3 is 6.03 Å². The van der Waals surface area contributed by atoms with Crippen LogP contribution in [0.3, 0.4) is 0 Å². The number of fused-ring (bicyclic) bond motifs is 1. The maximum Gasteiger partial charge on any atom is 0.341 e. The lowest BCUT2D eigenvalue weighted by molar-refractivity contribution is 0.239. The molecule has 3 aromatic rings. The Morgan fingerprint density at radius 1 is 1.18 bits per heavy atom. The Labute approximate surface area is 125 Å². The van der Waals surface area contributed by atoms with Crippen molar-refractivity contribution in [1.29, 1.82) is 0 Å². The predicted octanol–water partition coefficient (Wildman–Crippen LogP) is 3.62. The van der Waals surface area contributed by atoms with E-state index < -0.39 is 17.7 Å². The number of carbonyl (C=O) groups excluding carboxylic acids is 1. The van der Waals surface area contributed by atoms with Crippen LogP contribution >= 0.6 is 0 Å². The maximum atomic E-state index is 13.4. The molecule has 0 saturated carbocycles. The molecular formula is C16H15F2N3O.